The Morgan fingerprint density at radius 3 is 2.85 bits per heavy atom. The lowest BCUT2D eigenvalue weighted by molar-refractivity contribution is 1.17. The van der Waals surface area contributed by atoms with Gasteiger partial charge in [0.1, 0.15) is 11.5 Å². The Kier molecular flexibility index (Phi) is 2.19. The van der Waals surface area contributed by atoms with Crippen molar-refractivity contribution in [3.63, 3.8) is 0 Å². The zero-order chi connectivity index (χ0) is 9.10. The number of hydrogen-bond donors (Lipinski definition) is 0. The number of rotatable bonds is 1. The molecule has 0 N–H and O–H groups in total. The molecule has 0 aliphatic heterocycles. The number of nitrogens with zero attached hydrogens (tertiary/aromatic N) is 3. The number of pyridine rings is 1. The van der Waals surface area contributed by atoms with Gasteiger partial charge in [-0.05, 0) is 12.1 Å². The molecule has 2 heterocycles. The minimum atomic E-state index is 0.439. The molecule has 0 aliphatic rings. The second kappa shape index (κ2) is 3.49. The summed E-state index contributed by atoms with van der Waals surface area (Å²) in [6.45, 7) is 0. The first-order valence-corrected chi connectivity index (χ1v) is 4.12. The van der Waals surface area contributed by atoms with Crippen molar-refractivity contribution in [2.75, 3.05) is 0 Å². The standard InChI is InChI=1S/C9H6ClN3/c10-9-4-8(12-6-13-9)7-2-1-3-11-5-7/h1-6H. The van der Waals surface area contributed by atoms with E-state index in [0.717, 1.165) is 11.3 Å². The first-order valence-electron chi connectivity index (χ1n) is 3.74. The summed E-state index contributed by atoms with van der Waals surface area (Å²) in [5.74, 6) is 0. The third-order valence-corrected chi connectivity index (χ3v) is 1.80. The fourth-order valence-corrected chi connectivity index (χ4v) is 1.15. The maximum atomic E-state index is 5.72. The molecule has 2 aromatic rings. The summed E-state index contributed by atoms with van der Waals surface area (Å²) in [5, 5.41) is 0.439. The van der Waals surface area contributed by atoms with Crippen molar-refractivity contribution >= 4 is 11.6 Å². The summed E-state index contributed by atoms with van der Waals surface area (Å²) in [6.07, 6.45) is 4.88. The van der Waals surface area contributed by atoms with Gasteiger partial charge in [-0.3, -0.25) is 4.98 Å². The van der Waals surface area contributed by atoms with Crippen LogP contribution in [0.5, 0.6) is 0 Å². The summed E-state index contributed by atoms with van der Waals surface area (Å²) in [7, 11) is 0. The minimum Gasteiger partial charge on any atom is -0.264 e. The molecule has 2 aromatic heterocycles. The third-order valence-electron chi connectivity index (χ3n) is 1.59. The van der Waals surface area contributed by atoms with Crippen LogP contribution in [0.3, 0.4) is 0 Å². The van der Waals surface area contributed by atoms with Gasteiger partial charge in [0.05, 0.1) is 5.69 Å². The van der Waals surface area contributed by atoms with Gasteiger partial charge in [-0.25, -0.2) is 9.97 Å². The van der Waals surface area contributed by atoms with Crippen molar-refractivity contribution in [2.45, 2.75) is 0 Å². The monoisotopic (exact) mass is 191 g/mol. The summed E-state index contributed by atoms with van der Waals surface area (Å²) >= 11 is 5.72. The lowest BCUT2D eigenvalue weighted by Crippen LogP contribution is -1.85. The molecule has 0 aliphatic carbocycles. The zero-order valence-corrected chi connectivity index (χ0v) is 7.44. The Morgan fingerprint density at radius 1 is 1.23 bits per heavy atom. The van der Waals surface area contributed by atoms with Gasteiger partial charge in [0.25, 0.3) is 0 Å². The van der Waals surface area contributed by atoms with Gasteiger partial charge in [-0.2, -0.15) is 0 Å². The van der Waals surface area contributed by atoms with Crippen LogP contribution in [0.1, 0.15) is 0 Å². The highest BCUT2D eigenvalue weighted by Crippen LogP contribution is 2.16. The Balaban J connectivity index is 2.48. The predicted octanol–water partition coefficient (Wildman–Crippen LogP) is 2.19. The van der Waals surface area contributed by atoms with E-state index in [1.807, 2.05) is 12.1 Å². The fourth-order valence-electron chi connectivity index (χ4n) is 1.01. The molecular formula is C9H6ClN3. The highest BCUT2D eigenvalue weighted by Gasteiger charge is 1.98. The van der Waals surface area contributed by atoms with Crippen LogP contribution in [0.4, 0.5) is 0 Å². The van der Waals surface area contributed by atoms with Crippen molar-refractivity contribution < 1.29 is 0 Å². The minimum absolute atomic E-state index is 0.439. The molecular weight excluding hydrogens is 186 g/mol. The van der Waals surface area contributed by atoms with E-state index in [1.54, 1.807) is 18.5 Å². The van der Waals surface area contributed by atoms with E-state index in [1.165, 1.54) is 6.33 Å². The summed E-state index contributed by atoms with van der Waals surface area (Å²) in [6, 6.07) is 5.48. The maximum Gasteiger partial charge on any atom is 0.133 e. The predicted molar refractivity (Wildman–Crippen MR) is 50.3 cm³/mol. The average Bonchev–Trinajstić information content (AvgIpc) is 2.19. The van der Waals surface area contributed by atoms with Gasteiger partial charge in [0, 0.05) is 24.0 Å². The van der Waals surface area contributed by atoms with E-state index in [0.29, 0.717) is 5.15 Å². The van der Waals surface area contributed by atoms with E-state index in [9.17, 15) is 0 Å². The number of aromatic nitrogens is 3. The summed E-state index contributed by atoms with van der Waals surface area (Å²) in [4.78, 5) is 11.9. The van der Waals surface area contributed by atoms with Gasteiger partial charge >= 0.3 is 0 Å². The van der Waals surface area contributed by atoms with Gasteiger partial charge in [0.2, 0.25) is 0 Å². The van der Waals surface area contributed by atoms with Gasteiger partial charge < -0.3 is 0 Å². The Hall–Kier alpha value is -1.48. The Morgan fingerprint density at radius 2 is 2.15 bits per heavy atom. The molecule has 0 saturated heterocycles. The van der Waals surface area contributed by atoms with E-state index in [-0.39, 0.29) is 0 Å². The molecule has 0 bridgehead atoms. The molecule has 0 fully saturated rings. The highest BCUT2D eigenvalue weighted by molar-refractivity contribution is 6.29. The first-order chi connectivity index (χ1) is 6.36. The largest absolute Gasteiger partial charge is 0.264 e. The molecule has 2 rings (SSSR count). The molecule has 3 nitrogen and oxygen atoms in total. The topological polar surface area (TPSA) is 38.7 Å². The Bertz CT molecular complexity index is 403. The van der Waals surface area contributed by atoms with Crippen LogP contribution >= 0.6 is 11.6 Å². The van der Waals surface area contributed by atoms with Crippen LogP contribution in [0.15, 0.2) is 36.9 Å². The second-order valence-electron chi connectivity index (χ2n) is 2.47. The van der Waals surface area contributed by atoms with Crippen molar-refractivity contribution in [1.82, 2.24) is 15.0 Å². The number of hydrogen-bond acceptors (Lipinski definition) is 3. The van der Waals surface area contributed by atoms with Gasteiger partial charge in [-0.15, -0.1) is 0 Å². The van der Waals surface area contributed by atoms with Gasteiger partial charge in [0.15, 0.2) is 0 Å². The van der Waals surface area contributed by atoms with E-state index >= 15 is 0 Å². The molecule has 4 heteroatoms. The van der Waals surface area contributed by atoms with Crippen molar-refractivity contribution in [2.24, 2.45) is 0 Å². The van der Waals surface area contributed by atoms with E-state index in [4.69, 9.17) is 11.6 Å². The lowest BCUT2D eigenvalue weighted by Gasteiger charge is -1.98. The molecule has 0 amide bonds. The SMILES string of the molecule is Clc1cc(-c2cccnc2)ncn1. The summed E-state index contributed by atoms with van der Waals surface area (Å²) in [5.41, 5.74) is 1.72. The molecule has 0 atom stereocenters. The normalized spacial score (nSPS) is 9.92. The molecule has 13 heavy (non-hydrogen) atoms. The van der Waals surface area contributed by atoms with E-state index in [2.05, 4.69) is 15.0 Å². The molecule has 0 spiro atoms. The van der Waals surface area contributed by atoms with Crippen LogP contribution in [0, 0.1) is 0 Å². The lowest BCUT2D eigenvalue weighted by atomic mass is 10.2. The van der Waals surface area contributed by atoms with Crippen LogP contribution in [0.25, 0.3) is 11.3 Å². The van der Waals surface area contributed by atoms with E-state index < -0.39 is 0 Å². The highest BCUT2D eigenvalue weighted by atomic mass is 35.5. The van der Waals surface area contributed by atoms with Crippen LogP contribution in [0.2, 0.25) is 5.15 Å². The third kappa shape index (κ3) is 1.81. The maximum absolute atomic E-state index is 5.72. The fraction of sp³-hybridized carbons (Fsp3) is 0. The van der Waals surface area contributed by atoms with Crippen LogP contribution in [-0.4, -0.2) is 15.0 Å². The Labute approximate surface area is 80.5 Å². The summed E-state index contributed by atoms with van der Waals surface area (Å²) < 4.78 is 0. The van der Waals surface area contributed by atoms with Crippen molar-refractivity contribution in [3.05, 3.63) is 42.1 Å². The number of halogens is 1. The van der Waals surface area contributed by atoms with Crippen LogP contribution < -0.4 is 0 Å². The second-order valence-corrected chi connectivity index (χ2v) is 2.85. The molecule has 64 valence electrons. The first kappa shape index (κ1) is 8.13. The average molecular weight is 192 g/mol. The molecule has 0 unspecified atom stereocenters. The van der Waals surface area contributed by atoms with Crippen molar-refractivity contribution in [3.8, 4) is 11.3 Å². The van der Waals surface area contributed by atoms with Crippen molar-refractivity contribution in [1.29, 1.82) is 0 Å². The molecule has 0 aromatic carbocycles. The smallest absolute Gasteiger partial charge is 0.133 e. The molecule has 0 radical (unpaired) electrons. The quantitative estimate of drug-likeness (QED) is 0.649. The van der Waals surface area contributed by atoms with Gasteiger partial charge in [-0.1, -0.05) is 11.6 Å². The molecule has 0 saturated carbocycles. The van der Waals surface area contributed by atoms with Crippen LogP contribution in [-0.2, 0) is 0 Å². The zero-order valence-electron chi connectivity index (χ0n) is 6.68.